The number of fused-ring (bicyclic) bond motifs is 4. The molecule has 0 aliphatic heterocycles. The summed E-state index contributed by atoms with van der Waals surface area (Å²) in [5.74, 6) is 1.66. The highest BCUT2D eigenvalue weighted by atomic mass is 16.5. The lowest BCUT2D eigenvalue weighted by atomic mass is 9.85. The SMILES string of the molecule is COc1c(-c2cccc3ccccc23)cc2ccccc2c1-c1c(OC)c(-c2cccc3ccccc23)cc2ccccc12. The van der Waals surface area contributed by atoms with Crippen LogP contribution in [0.2, 0.25) is 0 Å². The van der Waals surface area contributed by atoms with Crippen LogP contribution in [0.15, 0.2) is 146 Å². The van der Waals surface area contributed by atoms with E-state index in [2.05, 4.69) is 146 Å². The third-order valence-electron chi connectivity index (χ3n) is 8.82. The minimum absolute atomic E-state index is 0.832. The van der Waals surface area contributed by atoms with Crippen LogP contribution in [0.5, 0.6) is 11.5 Å². The van der Waals surface area contributed by atoms with E-state index < -0.39 is 0 Å². The molecule has 8 rings (SSSR count). The third-order valence-corrected chi connectivity index (χ3v) is 8.82. The number of ether oxygens (including phenoxy) is 2. The maximum atomic E-state index is 6.45. The van der Waals surface area contributed by atoms with E-state index in [1.165, 1.54) is 21.5 Å². The molecule has 0 amide bonds. The van der Waals surface area contributed by atoms with Crippen molar-refractivity contribution in [1.82, 2.24) is 0 Å². The van der Waals surface area contributed by atoms with Gasteiger partial charge in [-0.25, -0.2) is 0 Å². The fraction of sp³-hybridized carbons (Fsp3) is 0.0476. The molecule has 210 valence electrons. The molecule has 0 aromatic heterocycles. The van der Waals surface area contributed by atoms with Crippen molar-refractivity contribution in [3.63, 3.8) is 0 Å². The topological polar surface area (TPSA) is 18.5 Å². The van der Waals surface area contributed by atoms with Gasteiger partial charge < -0.3 is 9.47 Å². The number of benzene rings is 8. The Morgan fingerprint density at radius 1 is 0.318 bits per heavy atom. The molecule has 0 aliphatic rings. The van der Waals surface area contributed by atoms with Gasteiger partial charge in [0.15, 0.2) is 0 Å². The van der Waals surface area contributed by atoms with Gasteiger partial charge in [-0.1, -0.05) is 133 Å². The van der Waals surface area contributed by atoms with Gasteiger partial charge in [0.1, 0.15) is 11.5 Å². The Morgan fingerprint density at radius 2 is 0.659 bits per heavy atom. The molecule has 0 saturated heterocycles. The summed E-state index contributed by atoms with van der Waals surface area (Å²) < 4.78 is 12.9. The van der Waals surface area contributed by atoms with Crippen LogP contribution in [0.3, 0.4) is 0 Å². The molecule has 8 aromatic rings. The van der Waals surface area contributed by atoms with Gasteiger partial charge in [0.25, 0.3) is 0 Å². The zero-order chi connectivity index (χ0) is 29.6. The Hall–Kier alpha value is -5.60. The van der Waals surface area contributed by atoms with Gasteiger partial charge in [0.2, 0.25) is 0 Å². The van der Waals surface area contributed by atoms with Crippen LogP contribution in [-0.2, 0) is 0 Å². The molecule has 0 N–H and O–H groups in total. The lowest BCUT2D eigenvalue weighted by molar-refractivity contribution is 0.413. The molecular formula is C42H30O2. The highest BCUT2D eigenvalue weighted by molar-refractivity contribution is 6.16. The molecule has 0 fully saturated rings. The largest absolute Gasteiger partial charge is 0.495 e. The minimum atomic E-state index is 0.832. The van der Waals surface area contributed by atoms with Gasteiger partial charge in [-0.15, -0.1) is 0 Å². The Labute approximate surface area is 256 Å². The second kappa shape index (κ2) is 10.6. The van der Waals surface area contributed by atoms with E-state index in [4.69, 9.17) is 9.47 Å². The first-order chi connectivity index (χ1) is 21.8. The highest BCUT2D eigenvalue weighted by Crippen LogP contribution is 2.53. The molecule has 0 radical (unpaired) electrons. The van der Waals surface area contributed by atoms with Crippen molar-refractivity contribution in [3.8, 4) is 44.9 Å². The summed E-state index contributed by atoms with van der Waals surface area (Å²) >= 11 is 0. The van der Waals surface area contributed by atoms with Gasteiger partial charge in [-0.3, -0.25) is 0 Å². The second-order valence-electron chi connectivity index (χ2n) is 11.2. The minimum Gasteiger partial charge on any atom is -0.495 e. The van der Waals surface area contributed by atoms with Crippen LogP contribution in [-0.4, -0.2) is 14.2 Å². The smallest absolute Gasteiger partial charge is 0.135 e. The van der Waals surface area contributed by atoms with Crippen molar-refractivity contribution >= 4 is 43.1 Å². The van der Waals surface area contributed by atoms with Crippen molar-refractivity contribution in [1.29, 1.82) is 0 Å². The molecule has 8 aromatic carbocycles. The lowest BCUT2D eigenvalue weighted by Gasteiger charge is -2.23. The number of hydrogen-bond donors (Lipinski definition) is 0. The first-order valence-electron chi connectivity index (χ1n) is 14.9. The van der Waals surface area contributed by atoms with Gasteiger partial charge >= 0.3 is 0 Å². The zero-order valence-corrected chi connectivity index (χ0v) is 24.7. The summed E-state index contributed by atoms with van der Waals surface area (Å²) in [6.07, 6.45) is 0. The van der Waals surface area contributed by atoms with Crippen molar-refractivity contribution in [2.75, 3.05) is 14.2 Å². The maximum absolute atomic E-state index is 6.45. The summed E-state index contributed by atoms with van der Waals surface area (Å²) in [5, 5.41) is 9.30. The van der Waals surface area contributed by atoms with Crippen molar-refractivity contribution in [2.24, 2.45) is 0 Å². The fourth-order valence-electron chi connectivity index (χ4n) is 6.90. The van der Waals surface area contributed by atoms with E-state index in [9.17, 15) is 0 Å². The predicted molar refractivity (Wildman–Crippen MR) is 186 cm³/mol. The van der Waals surface area contributed by atoms with Crippen LogP contribution >= 0.6 is 0 Å². The molecule has 2 nitrogen and oxygen atoms in total. The van der Waals surface area contributed by atoms with Crippen molar-refractivity contribution in [2.45, 2.75) is 0 Å². The Kier molecular flexibility index (Phi) is 6.27. The van der Waals surface area contributed by atoms with Crippen LogP contribution in [0.1, 0.15) is 0 Å². The molecule has 0 aliphatic carbocycles. The first kappa shape index (κ1) is 26.1. The summed E-state index contributed by atoms with van der Waals surface area (Å²) in [6, 6.07) is 51.8. The van der Waals surface area contributed by atoms with Crippen LogP contribution < -0.4 is 9.47 Å². The molecule has 0 unspecified atom stereocenters. The van der Waals surface area contributed by atoms with E-state index in [0.717, 1.165) is 66.4 Å². The number of hydrogen-bond acceptors (Lipinski definition) is 2. The van der Waals surface area contributed by atoms with Crippen molar-refractivity contribution < 1.29 is 9.47 Å². The summed E-state index contributed by atoms with van der Waals surface area (Å²) in [7, 11) is 3.57. The monoisotopic (exact) mass is 566 g/mol. The van der Waals surface area contributed by atoms with E-state index in [1.54, 1.807) is 14.2 Å². The number of methoxy groups -OCH3 is 2. The van der Waals surface area contributed by atoms with E-state index >= 15 is 0 Å². The molecule has 44 heavy (non-hydrogen) atoms. The summed E-state index contributed by atoms with van der Waals surface area (Å²) in [4.78, 5) is 0. The van der Waals surface area contributed by atoms with Crippen LogP contribution in [0, 0.1) is 0 Å². The molecule has 0 atom stereocenters. The summed E-state index contributed by atoms with van der Waals surface area (Å²) in [5.41, 5.74) is 6.45. The first-order valence-corrected chi connectivity index (χ1v) is 14.9. The van der Waals surface area contributed by atoms with Crippen LogP contribution in [0.25, 0.3) is 76.5 Å². The maximum Gasteiger partial charge on any atom is 0.135 e. The molecule has 0 spiro atoms. The number of rotatable bonds is 5. The highest BCUT2D eigenvalue weighted by Gasteiger charge is 2.25. The molecule has 2 heteroatoms. The molecule has 0 saturated carbocycles. The lowest BCUT2D eigenvalue weighted by Crippen LogP contribution is -1.99. The molecular weight excluding hydrogens is 536 g/mol. The van der Waals surface area contributed by atoms with Gasteiger partial charge in [-0.05, 0) is 66.3 Å². The Balaban J connectivity index is 1.56. The van der Waals surface area contributed by atoms with Gasteiger partial charge in [0.05, 0.1) is 14.2 Å². The fourth-order valence-corrected chi connectivity index (χ4v) is 6.90. The van der Waals surface area contributed by atoms with Crippen LogP contribution in [0.4, 0.5) is 0 Å². The van der Waals surface area contributed by atoms with E-state index in [0.29, 0.717) is 0 Å². The third kappa shape index (κ3) is 4.03. The standard InChI is InChI=1S/C42H30O2/c1-43-41-37(35-23-11-17-27-13-3-7-19-31(27)35)25-29-15-5-9-21-33(29)39(41)40-34-22-10-6-16-30(34)26-38(42(40)44-2)36-24-12-18-28-14-4-8-20-32(28)36/h3-26H,1-2H3. The van der Waals surface area contributed by atoms with Gasteiger partial charge in [-0.2, -0.15) is 0 Å². The Morgan fingerprint density at radius 3 is 1.07 bits per heavy atom. The van der Waals surface area contributed by atoms with E-state index in [1.807, 2.05) is 0 Å². The summed E-state index contributed by atoms with van der Waals surface area (Å²) in [6.45, 7) is 0. The van der Waals surface area contributed by atoms with Gasteiger partial charge in [0, 0.05) is 22.3 Å². The predicted octanol–water partition coefficient (Wildman–Crippen LogP) is 11.3. The average molecular weight is 567 g/mol. The normalized spacial score (nSPS) is 11.4. The zero-order valence-electron chi connectivity index (χ0n) is 24.7. The van der Waals surface area contributed by atoms with E-state index in [-0.39, 0.29) is 0 Å². The molecule has 0 heterocycles. The average Bonchev–Trinajstić information content (AvgIpc) is 3.09. The second-order valence-corrected chi connectivity index (χ2v) is 11.2. The molecule has 0 bridgehead atoms. The quantitative estimate of drug-likeness (QED) is 0.206. The Bertz CT molecular complexity index is 2190. The van der Waals surface area contributed by atoms with Crippen molar-refractivity contribution in [3.05, 3.63) is 146 Å².